The second kappa shape index (κ2) is 13.0. The summed E-state index contributed by atoms with van der Waals surface area (Å²) in [6.45, 7) is 0. The number of benzene rings is 8. The monoisotopic (exact) mass is 729 g/mol. The van der Waals surface area contributed by atoms with Crippen molar-refractivity contribution in [2.75, 3.05) is 0 Å². The van der Waals surface area contributed by atoms with Crippen molar-refractivity contribution in [1.29, 1.82) is 0 Å². The van der Waals surface area contributed by atoms with Gasteiger partial charge in [0.25, 0.3) is 0 Å². The molecular formula is C51H33N5. The Labute approximate surface area is 343 Å². The lowest BCUT2D eigenvalue weighted by atomic mass is 10.0. The molecule has 0 amide bonds. The summed E-state index contributed by atoms with van der Waals surface area (Å²) in [6.07, 6.45) is 0. The van der Waals surface area contributed by atoms with Gasteiger partial charge in [-0.25, -0.2) is 4.98 Å². The molecule has 0 fully saturated rings. The molecular weight excluding hydrogens is 683 g/mol. The van der Waals surface area contributed by atoms with E-state index in [4.69, 9.17) is 23.2 Å². The Hall–Kier alpha value is -7.63. The van der Waals surface area contributed by atoms with E-state index in [1.807, 2.05) is 60.7 Å². The maximum absolute atomic E-state index is 9.94. The molecule has 0 aliphatic carbocycles. The molecule has 0 radical (unpaired) electrons. The smallest absolute Gasteiger partial charge is 0.238 e. The third-order valence-corrected chi connectivity index (χ3v) is 9.69. The molecule has 262 valence electrons. The average molecular weight is 730 g/mol. The predicted octanol–water partition coefficient (Wildman–Crippen LogP) is 12.7. The van der Waals surface area contributed by atoms with E-state index in [1.165, 1.54) is 9.13 Å². The summed E-state index contributed by atoms with van der Waals surface area (Å²) in [5.41, 5.74) is 1.88. The van der Waals surface area contributed by atoms with Gasteiger partial charge in [-0.1, -0.05) is 151 Å². The van der Waals surface area contributed by atoms with Crippen LogP contribution in [0.5, 0.6) is 0 Å². The molecule has 0 bridgehead atoms. The highest BCUT2D eigenvalue weighted by Gasteiger charge is 2.19. The number of aromatic nitrogens is 5. The third kappa shape index (κ3) is 5.29. The van der Waals surface area contributed by atoms with Crippen molar-refractivity contribution in [3.05, 3.63) is 200 Å². The summed E-state index contributed by atoms with van der Waals surface area (Å²) in [5, 5.41) is -0.751. The van der Waals surface area contributed by atoms with E-state index in [2.05, 4.69) is 0 Å². The number of fused-ring (bicyclic) bond motifs is 6. The molecule has 0 aliphatic heterocycles. The maximum atomic E-state index is 9.94. The molecule has 11 rings (SSSR count). The lowest BCUT2D eigenvalue weighted by Crippen LogP contribution is -2.06. The van der Waals surface area contributed by atoms with Crippen LogP contribution in [0.4, 0.5) is 0 Å². The van der Waals surface area contributed by atoms with Crippen LogP contribution in [0.3, 0.4) is 0 Å². The van der Waals surface area contributed by atoms with Crippen molar-refractivity contribution in [2.24, 2.45) is 0 Å². The Bertz CT molecular complexity index is 4030. The van der Waals surface area contributed by atoms with Gasteiger partial charge in [-0.05, 0) is 70.6 Å². The first-order valence-corrected chi connectivity index (χ1v) is 17.7. The van der Waals surface area contributed by atoms with Crippen LogP contribution in [0.1, 0.15) is 19.2 Å². The Morgan fingerprint density at radius 3 is 1.36 bits per heavy atom. The molecule has 0 saturated carbocycles. The maximum Gasteiger partial charge on any atom is 0.238 e. The number of nitrogens with zero attached hydrogens (tertiary/aromatic N) is 5. The molecule has 0 saturated heterocycles. The molecule has 0 N–H and O–H groups in total. The van der Waals surface area contributed by atoms with Crippen LogP contribution in [-0.2, 0) is 0 Å². The number of hydrogen-bond acceptors (Lipinski definition) is 3. The molecule has 3 heterocycles. The van der Waals surface area contributed by atoms with Gasteiger partial charge in [0.15, 0.2) is 11.6 Å². The van der Waals surface area contributed by atoms with Gasteiger partial charge in [0.1, 0.15) is 0 Å². The first-order chi connectivity index (χ1) is 33.6. The lowest BCUT2D eigenvalue weighted by molar-refractivity contribution is 0.953. The molecule has 11 aromatic rings. The van der Waals surface area contributed by atoms with Crippen molar-refractivity contribution < 1.29 is 19.2 Å². The largest absolute Gasteiger partial charge is 0.309 e. The molecule has 0 spiro atoms. The van der Waals surface area contributed by atoms with Crippen LogP contribution >= 0.6 is 0 Å². The van der Waals surface area contributed by atoms with Crippen molar-refractivity contribution in [1.82, 2.24) is 24.1 Å². The SMILES string of the molecule is [2H]c1c([2H])c([2H])c2c(c1[2H])c1c([2H])c(-c3c([2H])c([2H])c4c(c3[2H])c3c([2H])c([2H])c([2H])c([2H])c3n4-c3nc(-c4ccccc4)nc(-c4ccc(-c5ccccc5)cc4)n3)c([2H])c([2H])c1n2-c1ccccc1. The fourth-order valence-electron chi connectivity index (χ4n) is 7.07. The van der Waals surface area contributed by atoms with Gasteiger partial charge in [0.05, 0.1) is 41.3 Å². The highest BCUT2D eigenvalue weighted by molar-refractivity contribution is 6.12. The predicted molar refractivity (Wildman–Crippen MR) is 230 cm³/mol. The van der Waals surface area contributed by atoms with Gasteiger partial charge >= 0.3 is 0 Å². The zero-order valence-corrected chi connectivity index (χ0v) is 29.2. The van der Waals surface area contributed by atoms with Gasteiger partial charge < -0.3 is 4.57 Å². The summed E-state index contributed by atoms with van der Waals surface area (Å²) in [5.74, 6) is 0.146. The highest BCUT2D eigenvalue weighted by Crippen LogP contribution is 2.38. The Morgan fingerprint density at radius 1 is 0.339 bits per heavy atom. The van der Waals surface area contributed by atoms with Crippen molar-refractivity contribution in [2.45, 2.75) is 0 Å². The van der Waals surface area contributed by atoms with Gasteiger partial charge in [-0.2, -0.15) is 9.97 Å². The van der Waals surface area contributed by atoms with Gasteiger partial charge in [-0.15, -0.1) is 0 Å². The second-order valence-corrected chi connectivity index (χ2v) is 13.0. The van der Waals surface area contributed by atoms with E-state index in [-0.39, 0.29) is 61.2 Å². The minimum atomic E-state index is -0.694. The Kier molecular flexibility index (Phi) is 4.83. The third-order valence-electron chi connectivity index (χ3n) is 9.69. The number of hydrogen-bond donors (Lipinski definition) is 0. The lowest BCUT2D eigenvalue weighted by Gasteiger charge is -2.11. The molecule has 0 atom stereocenters. The van der Waals surface area contributed by atoms with Crippen LogP contribution in [-0.4, -0.2) is 24.1 Å². The second-order valence-electron chi connectivity index (χ2n) is 13.0. The van der Waals surface area contributed by atoms with E-state index in [9.17, 15) is 11.0 Å². The normalized spacial score (nSPS) is 15.1. The fourth-order valence-corrected chi connectivity index (χ4v) is 7.07. The minimum absolute atomic E-state index is 0.0580. The molecule has 5 nitrogen and oxygen atoms in total. The van der Waals surface area contributed by atoms with E-state index < -0.39 is 95.7 Å². The zero-order valence-electron chi connectivity index (χ0n) is 43.2. The fraction of sp³-hybridized carbons (Fsp3) is 0. The summed E-state index contributed by atoms with van der Waals surface area (Å²) < 4.78 is 132. The van der Waals surface area contributed by atoms with Crippen molar-refractivity contribution in [3.63, 3.8) is 0 Å². The molecule has 3 aromatic heterocycles. The van der Waals surface area contributed by atoms with Crippen LogP contribution < -0.4 is 0 Å². The Balaban J connectivity index is 1.25. The topological polar surface area (TPSA) is 48.5 Å². The zero-order chi connectivity index (χ0) is 49.2. The van der Waals surface area contributed by atoms with E-state index in [1.54, 1.807) is 54.6 Å². The summed E-state index contributed by atoms with van der Waals surface area (Å²) in [6, 6.07) is 26.4. The van der Waals surface area contributed by atoms with Crippen molar-refractivity contribution in [3.8, 4) is 56.7 Å². The molecule has 0 unspecified atom stereocenters. The Morgan fingerprint density at radius 2 is 0.768 bits per heavy atom. The minimum Gasteiger partial charge on any atom is -0.309 e. The van der Waals surface area contributed by atoms with Gasteiger partial charge in [-0.3, -0.25) is 4.57 Å². The molecule has 5 heteroatoms. The molecule has 8 aromatic carbocycles. The number of para-hydroxylation sites is 3. The van der Waals surface area contributed by atoms with Crippen LogP contribution in [0.25, 0.3) is 100 Å². The summed E-state index contributed by atoms with van der Waals surface area (Å²) in [4.78, 5) is 14.5. The van der Waals surface area contributed by atoms with E-state index >= 15 is 0 Å². The number of rotatable bonds is 6. The quantitative estimate of drug-likeness (QED) is 0.171. The first kappa shape index (κ1) is 20.7. The first-order valence-electron chi connectivity index (χ1n) is 24.7. The van der Waals surface area contributed by atoms with Crippen molar-refractivity contribution >= 4 is 43.6 Å². The van der Waals surface area contributed by atoms with Gasteiger partial charge in [0.2, 0.25) is 5.95 Å². The summed E-state index contributed by atoms with van der Waals surface area (Å²) >= 11 is 0. The molecule has 56 heavy (non-hydrogen) atoms. The average Bonchev–Trinajstić information content (AvgIpc) is 3.95. The van der Waals surface area contributed by atoms with E-state index in [0.717, 1.165) is 11.1 Å². The van der Waals surface area contributed by atoms with E-state index in [0.29, 0.717) is 16.8 Å². The van der Waals surface area contributed by atoms with Crippen LogP contribution in [0.15, 0.2) is 200 Å². The van der Waals surface area contributed by atoms with Crippen LogP contribution in [0.2, 0.25) is 0 Å². The standard InChI is InChI=1S/C51H33N5/c1-4-14-34(15-5-1)35-24-26-37(27-25-35)50-52-49(36-16-6-2-7-17-36)53-51(54-50)56-46-23-13-11-21-42(46)44-33-39(29-31-48(44)56)38-28-30-47-43(32-38)41-20-10-12-22-45(41)55(47)40-18-8-3-9-19-40/h1-33H/i10D,11D,12D,13D,20D,21D,22D,23D,28D,29D,30D,31D,32D,33D. The van der Waals surface area contributed by atoms with Gasteiger partial charge in [0, 0.05) is 38.4 Å². The van der Waals surface area contributed by atoms with Crippen LogP contribution in [0, 0.1) is 0 Å². The molecule has 0 aliphatic rings. The highest BCUT2D eigenvalue weighted by atomic mass is 15.2. The summed E-state index contributed by atoms with van der Waals surface area (Å²) in [7, 11) is 0.